The van der Waals surface area contributed by atoms with E-state index in [1.54, 1.807) is 17.6 Å². The van der Waals surface area contributed by atoms with Crippen LogP contribution in [0.15, 0.2) is 52.4 Å². The second kappa shape index (κ2) is 11.6. The third-order valence-corrected chi connectivity index (χ3v) is 9.27. The molecule has 1 amide bonds. The quantitative estimate of drug-likeness (QED) is 0.397. The van der Waals surface area contributed by atoms with E-state index in [0.717, 1.165) is 29.5 Å². The molecule has 2 heterocycles. The summed E-state index contributed by atoms with van der Waals surface area (Å²) in [7, 11) is -3.64. The van der Waals surface area contributed by atoms with Crippen LogP contribution in [-0.2, 0) is 26.1 Å². The first-order valence-electron chi connectivity index (χ1n) is 12.4. The molecule has 1 aliphatic heterocycles. The van der Waals surface area contributed by atoms with Crippen LogP contribution >= 0.6 is 11.3 Å². The predicted octanol–water partition coefficient (Wildman–Crippen LogP) is 3.97. The number of ether oxygens (including phenoxy) is 2. The van der Waals surface area contributed by atoms with E-state index in [4.69, 9.17) is 9.47 Å². The minimum atomic E-state index is -3.64. The van der Waals surface area contributed by atoms with E-state index in [-0.39, 0.29) is 29.7 Å². The van der Waals surface area contributed by atoms with Gasteiger partial charge in [0.2, 0.25) is 10.0 Å². The number of esters is 1. The SMILES string of the molecule is CCOC(=O)Cn1c(=NC(=O)c2ccc(S(=O)(=O)N3CCCCC3C)cc2)sc2cc(OCC)ccc21. The molecule has 198 valence electrons. The topological polar surface area (TPSA) is 107 Å². The number of piperidine rings is 1. The molecule has 4 rings (SSSR count). The lowest BCUT2D eigenvalue weighted by Crippen LogP contribution is -2.41. The normalized spacial score (nSPS) is 17.2. The fourth-order valence-corrected chi connectivity index (χ4v) is 7.12. The summed E-state index contributed by atoms with van der Waals surface area (Å²) < 4.78 is 40.9. The number of sulfonamides is 1. The minimum Gasteiger partial charge on any atom is -0.494 e. The fraction of sp³-hybridized carbons (Fsp3) is 0.423. The molecule has 37 heavy (non-hydrogen) atoms. The van der Waals surface area contributed by atoms with Gasteiger partial charge in [0.25, 0.3) is 5.91 Å². The van der Waals surface area contributed by atoms with Gasteiger partial charge in [-0.1, -0.05) is 17.8 Å². The van der Waals surface area contributed by atoms with Gasteiger partial charge in [-0.15, -0.1) is 0 Å². The number of aromatic nitrogens is 1. The third-order valence-electron chi connectivity index (χ3n) is 6.20. The van der Waals surface area contributed by atoms with E-state index in [1.807, 2.05) is 26.0 Å². The van der Waals surface area contributed by atoms with Gasteiger partial charge >= 0.3 is 5.97 Å². The molecule has 1 fully saturated rings. The van der Waals surface area contributed by atoms with E-state index in [2.05, 4.69) is 4.99 Å². The molecule has 1 unspecified atom stereocenters. The molecule has 1 atom stereocenters. The van der Waals surface area contributed by atoms with Crippen molar-refractivity contribution in [2.24, 2.45) is 4.99 Å². The van der Waals surface area contributed by atoms with Gasteiger partial charge in [0.05, 0.1) is 28.3 Å². The lowest BCUT2D eigenvalue weighted by Gasteiger charge is -2.32. The average molecular weight is 546 g/mol. The van der Waals surface area contributed by atoms with Gasteiger partial charge in [0.15, 0.2) is 4.80 Å². The van der Waals surface area contributed by atoms with Crippen LogP contribution in [0, 0.1) is 0 Å². The Balaban J connectivity index is 1.67. The Hall–Kier alpha value is -3.02. The molecule has 0 aliphatic carbocycles. The number of benzene rings is 2. The summed E-state index contributed by atoms with van der Waals surface area (Å²) in [5, 5.41) is 0. The highest BCUT2D eigenvalue weighted by atomic mass is 32.2. The van der Waals surface area contributed by atoms with Gasteiger partial charge in [0, 0.05) is 18.2 Å². The first kappa shape index (κ1) is 27.0. The summed E-state index contributed by atoms with van der Waals surface area (Å²) in [4.78, 5) is 30.1. The van der Waals surface area contributed by atoms with Gasteiger partial charge in [-0.05, 0) is 76.1 Å². The van der Waals surface area contributed by atoms with Crippen molar-refractivity contribution in [1.29, 1.82) is 0 Å². The number of thiazole rings is 1. The highest BCUT2D eigenvalue weighted by Crippen LogP contribution is 2.26. The van der Waals surface area contributed by atoms with Crippen molar-refractivity contribution in [3.05, 3.63) is 52.8 Å². The van der Waals surface area contributed by atoms with E-state index in [1.165, 1.54) is 39.9 Å². The first-order valence-corrected chi connectivity index (χ1v) is 14.6. The number of carbonyl (C=O) groups is 2. The van der Waals surface area contributed by atoms with Crippen LogP contribution < -0.4 is 9.54 Å². The molecule has 1 aliphatic rings. The van der Waals surface area contributed by atoms with Crippen LogP contribution in [0.5, 0.6) is 5.75 Å². The fourth-order valence-electron chi connectivity index (χ4n) is 4.37. The molecule has 0 N–H and O–H groups in total. The van der Waals surface area contributed by atoms with Crippen LogP contribution in [0.3, 0.4) is 0 Å². The number of rotatable bonds is 8. The van der Waals surface area contributed by atoms with Crippen molar-refractivity contribution in [2.75, 3.05) is 19.8 Å². The van der Waals surface area contributed by atoms with Crippen LogP contribution in [0.1, 0.15) is 50.4 Å². The van der Waals surface area contributed by atoms with Crippen molar-refractivity contribution in [2.45, 2.75) is 57.5 Å². The van der Waals surface area contributed by atoms with Crippen molar-refractivity contribution < 1.29 is 27.5 Å². The smallest absolute Gasteiger partial charge is 0.326 e. The molecule has 0 bridgehead atoms. The Morgan fingerprint density at radius 1 is 1.08 bits per heavy atom. The maximum Gasteiger partial charge on any atom is 0.326 e. The number of hydrogen-bond acceptors (Lipinski definition) is 7. The molecule has 3 aromatic rings. The second-order valence-electron chi connectivity index (χ2n) is 8.74. The van der Waals surface area contributed by atoms with Crippen LogP contribution in [0.2, 0.25) is 0 Å². The molecule has 9 nitrogen and oxygen atoms in total. The molecular weight excluding hydrogens is 514 g/mol. The molecule has 1 saturated heterocycles. The zero-order valence-corrected chi connectivity index (χ0v) is 22.8. The lowest BCUT2D eigenvalue weighted by atomic mass is 10.1. The van der Waals surface area contributed by atoms with Crippen LogP contribution in [0.4, 0.5) is 0 Å². The highest BCUT2D eigenvalue weighted by Gasteiger charge is 2.31. The monoisotopic (exact) mass is 545 g/mol. The lowest BCUT2D eigenvalue weighted by molar-refractivity contribution is -0.143. The van der Waals surface area contributed by atoms with E-state index in [0.29, 0.717) is 23.7 Å². The van der Waals surface area contributed by atoms with Gasteiger partial charge < -0.3 is 14.0 Å². The molecule has 11 heteroatoms. The maximum absolute atomic E-state index is 13.1. The van der Waals surface area contributed by atoms with Crippen LogP contribution in [0.25, 0.3) is 10.2 Å². The summed E-state index contributed by atoms with van der Waals surface area (Å²) >= 11 is 1.26. The summed E-state index contributed by atoms with van der Waals surface area (Å²) in [5.41, 5.74) is 0.978. The van der Waals surface area contributed by atoms with Crippen molar-refractivity contribution in [3.63, 3.8) is 0 Å². The Morgan fingerprint density at radius 2 is 1.84 bits per heavy atom. The number of hydrogen-bond donors (Lipinski definition) is 0. The summed E-state index contributed by atoms with van der Waals surface area (Å²) in [6.45, 7) is 6.69. The van der Waals surface area contributed by atoms with Gasteiger partial charge in [-0.3, -0.25) is 9.59 Å². The first-order chi connectivity index (χ1) is 17.7. The molecular formula is C26H31N3O6S2. The number of nitrogens with zero attached hydrogens (tertiary/aromatic N) is 3. The summed E-state index contributed by atoms with van der Waals surface area (Å²) in [6.07, 6.45) is 2.69. The standard InChI is InChI=1S/C26H31N3O6S2/c1-4-34-20-11-14-22-23(16-20)36-26(28(22)17-24(30)35-5-2)27-25(31)19-9-12-21(13-10-19)37(32,33)29-15-7-6-8-18(29)3/h9-14,16,18H,4-8,15,17H2,1-3H3. The number of carbonyl (C=O) groups excluding carboxylic acids is 2. The third kappa shape index (κ3) is 5.94. The predicted molar refractivity (Wildman–Crippen MR) is 141 cm³/mol. The van der Waals surface area contributed by atoms with E-state index < -0.39 is 21.9 Å². The number of fused-ring (bicyclic) bond motifs is 1. The van der Waals surface area contributed by atoms with E-state index >= 15 is 0 Å². The molecule has 0 saturated carbocycles. The minimum absolute atomic E-state index is 0.0545. The zero-order chi connectivity index (χ0) is 26.6. The Kier molecular flexibility index (Phi) is 8.46. The van der Waals surface area contributed by atoms with Crippen LogP contribution in [-0.4, -0.2) is 55.0 Å². The van der Waals surface area contributed by atoms with Gasteiger partial charge in [0.1, 0.15) is 12.3 Å². The molecule has 0 spiro atoms. The average Bonchev–Trinajstić information content (AvgIpc) is 3.20. The van der Waals surface area contributed by atoms with Gasteiger partial charge in [-0.2, -0.15) is 9.30 Å². The highest BCUT2D eigenvalue weighted by molar-refractivity contribution is 7.89. The molecule has 2 aromatic carbocycles. The zero-order valence-electron chi connectivity index (χ0n) is 21.2. The van der Waals surface area contributed by atoms with Crippen molar-refractivity contribution in [3.8, 4) is 5.75 Å². The largest absolute Gasteiger partial charge is 0.494 e. The van der Waals surface area contributed by atoms with E-state index in [9.17, 15) is 18.0 Å². The van der Waals surface area contributed by atoms with Crippen molar-refractivity contribution in [1.82, 2.24) is 8.87 Å². The number of amides is 1. The Labute approximate surface area is 220 Å². The van der Waals surface area contributed by atoms with Gasteiger partial charge in [-0.25, -0.2) is 8.42 Å². The molecule has 0 radical (unpaired) electrons. The Morgan fingerprint density at radius 3 is 2.51 bits per heavy atom. The Bertz CT molecular complexity index is 1460. The second-order valence-corrected chi connectivity index (χ2v) is 11.6. The summed E-state index contributed by atoms with van der Waals surface area (Å²) in [6, 6.07) is 11.3. The van der Waals surface area contributed by atoms with Crippen molar-refractivity contribution >= 4 is 43.5 Å². The summed E-state index contributed by atoms with van der Waals surface area (Å²) in [5.74, 6) is -0.298. The molecule has 1 aromatic heterocycles. The maximum atomic E-state index is 13.1.